The summed E-state index contributed by atoms with van der Waals surface area (Å²) in [5.74, 6) is -0.853. The molecule has 0 aliphatic carbocycles. The van der Waals surface area contributed by atoms with Crippen LogP contribution in [0, 0.1) is 5.41 Å². The molecule has 0 rings (SSSR count). The van der Waals surface area contributed by atoms with E-state index < -0.39 is 5.41 Å². The lowest BCUT2D eigenvalue weighted by molar-refractivity contribution is -0.154. The molecule has 0 bridgehead atoms. The largest absolute Gasteiger partial charge is 0.466 e. The van der Waals surface area contributed by atoms with Gasteiger partial charge < -0.3 is 14.2 Å². The van der Waals surface area contributed by atoms with Crippen LogP contribution in [0.1, 0.15) is 47.5 Å². The summed E-state index contributed by atoms with van der Waals surface area (Å²) < 4.78 is 15.0. The number of esters is 3. The number of carbonyl (C=O) groups is 3. The van der Waals surface area contributed by atoms with Crippen molar-refractivity contribution in [2.24, 2.45) is 5.41 Å². The van der Waals surface area contributed by atoms with Crippen molar-refractivity contribution in [3.8, 4) is 0 Å². The summed E-state index contributed by atoms with van der Waals surface area (Å²) in [6.07, 6.45) is 0.452. The zero-order valence-corrected chi connectivity index (χ0v) is 15.6. The highest BCUT2D eigenvalue weighted by Gasteiger charge is 2.23. The monoisotopic (exact) mass is 345 g/mol. The molecule has 140 valence electrons. The zero-order valence-electron chi connectivity index (χ0n) is 15.6. The van der Waals surface area contributed by atoms with Gasteiger partial charge in [0.1, 0.15) is 6.61 Å². The smallest absolute Gasteiger partial charge is 0.311 e. The number of ether oxygens (including phenoxy) is 3. The first-order valence-corrected chi connectivity index (χ1v) is 8.41. The van der Waals surface area contributed by atoms with Gasteiger partial charge in [0, 0.05) is 19.6 Å². The van der Waals surface area contributed by atoms with E-state index in [2.05, 4.69) is 0 Å². The molecule has 0 aromatic rings. The molecule has 7 nitrogen and oxygen atoms in total. The Morgan fingerprint density at radius 2 is 1.25 bits per heavy atom. The summed E-state index contributed by atoms with van der Waals surface area (Å²) in [4.78, 5) is 36.6. The van der Waals surface area contributed by atoms with Crippen molar-refractivity contribution < 1.29 is 28.6 Å². The minimum absolute atomic E-state index is 0.210. The molecule has 0 amide bonds. The first kappa shape index (κ1) is 22.4. The summed E-state index contributed by atoms with van der Waals surface area (Å²) in [5, 5.41) is 0. The van der Waals surface area contributed by atoms with Crippen LogP contribution in [0.4, 0.5) is 0 Å². The lowest BCUT2D eigenvalue weighted by Gasteiger charge is -2.23. The Bertz CT molecular complexity index is 380. The number of hydrogen-bond acceptors (Lipinski definition) is 7. The third-order valence-corrected chi connectivity index (χ3v) is 3.13. The van der Waals surface area contributed by atoms with Crippen LogP contribution in [-0.2, 0) is 28.6 Å². The lowest BCUT2D eigenvalue weighted by atomic mass is 9.97. The van der Waals surface area contributed by atoms with Crippen LogP contribution in [-0.4, -0.2) is 62.3 Å². The molecule has 0 radical (unpaired) electrons. The van der Waals surface area contributed by atoms with Gasteiger partial charge in [-0.05, 0) is 34.6 Å². The Balaban J connectivity index is 4.37. The van der Waals surface area contributed by atoms with Crippen molar-refractivity contribution in [1.82, 2.24) is 4.90 Å². The first-order chi connectivity index (χ1) is 11.2. The van der Waals surface area contributed by atoms with E-state index in [0.717, 1.165) is 0 Å². The predicted molar refractivity (Wildman–Crippen MR) is 89.4 cm³/mol. The van der Waals surface area contributed by atoms with Gasteiger partial charge in [-0.3, -0.25) is 19.3 Å². The molecular formula is C17H31NO6. The fourth-order valence-corrected chi connectivity index (χ4v) is 1.78. The van der Waals surface area contributed by atoms with Crippen LogP contribution in [0.5, 0.6) is 0 Å². The van der Waals surface area contributed by atoms with E-state index >= 15 is 0 Å². The van der Waals surface area contributed by atoms with E-state index in [1.54, 1.807) is 34.6 Å². The highest BCUT2D eigenvalue weighted by Crippen LogP contribution is 2.14. The fraction of sp³-hybridized carbons (Fsp3) is 0.824. The van der Waals surface area contributed by atoms with E-state index in [-0.39, 0.29) is 37.4 Å². The van der Waals surface area contributed by atoms with Crippen LogP contribution >= 0.6 is 0 Å². The van der Waals surface area contributed by atoms with Gasteiger partial charge in [-0.2, -0.15) is 0 Å². The zero-order chi connectivity index (χ0) is 18.6. The first-order valence-electron chi connectivity index (χ1n) is 8.41. The fourth-order valence-electron chi connectivity index (χ4n) is 1.78. The Kier molecular flexibility index (Phi) is 11.0. The predicted octanol–water partition coefficient (Wildman–Crippen LogP) is 1.78. The summed E-state index contributed by atoms with van der Waals surface area (Å²) in [6.45, 7) is 11.1. The van der Waals surface area contributed by atoms with E-state index in [4.69, 9.17) is 14.2 Å². The third kappa shape index (κ3) is 11.0. The number of carbonyl (C=O) groups excluding carboxylic acids is 3. The number of rotatable bonds is 11. The molecule has 0 N–H and O–H groups in total. The van der Waals surface area contributed by atoms with Gasteiger partial charge in [-0.25, -0.2) is 0 Å². The van der Waals surface area contributed by atoms with Gasteiger partial charge in [0.25, 0.3) is 0 Å². The average molecular weight is 345 g/mol. The number of nitrogens with zero attached hydrogens (tertiary/aromatic N) is 1. The minimum atomic E-state index is -0.555. The molecule has 0 spiro atoms. The van der Waals surface area contributed by atoms with Crippen LogP contribution in [0.15, 0.2) is 0 Å². The van der Waals surface area contributed by atoms with Crippen LogP contribution in [0.25, 0.3) is 0 Å². The molecule has 0 aromatic carbocycles. The highest BCUT2D eigenvalue weighted by molar-refractivity contribution is 5.75. The van der Waals surface area contributed by atoms with Crippen molar-refractivity contribution in [3.63, 3.8) is 0 Å². The van der Waals surface area contributed by atoms with Gasteiger partial charge in [0.15, 0.2) is 0 Å². The quantitative estimate of drug-likeness (QED) is 0.417. The molecule has 0 saturated heterocycles. The lowest BCUT2D eigenvalue weighted by Crippen LogP contribution is -2.34. The Morgan fingerprint density at radius 1 is 0.792 bits per heavy atom. The Labute approximate surface area is 144 Å². The second kappa shape index (κ2) is 11.8. The second-order valence-electron chi connectivity index (χ2n) is 6.34. The Morgan fingerprint density at radius 3 is 1.62 bits per heavy atom. The van der Waals surface area contributed by atoms with E-state index in [1.165, 1.54) is 0 Å². The van der Waals surface area contributed by atoms with E-state index in [1.807, 2.05) is 4.90 Å². The molecule has 0 saturated carbocycles. The van der Waals surface area contributed by atoms with Crippen molar-refractivity contribution >= 4 is 17.9 Å². The van der Waals surface area contributed by atoms with Crippen LogP contribution in [0.3, 0.4) is 0 Å². The normalized spacial score (nSPS) is 11.2. The summed E-state index contributed by atoms with van der Waals surface area (Å²) in [7, 11) is 0. The molecule has 0 atom stereocenters. The van der Waals surface area contributed by atoms with Gasteiger partial charge in [-0.1, -0.05) is 0 Å². The average Bonchev–Trinajstić information content (AvgIpc) is 2.48. The summed E-state index contributed by atoms with van der Waals surface area (Å²) >= 11 is 0. The van der Waals surface area contributed by atoms with Gasteiger partial charge >= 0.3 is 17.9 Å². The third-order valence-electron chi connectivity index (χ3n) is 3.13. The van der Waals surface area contributed by atoms with Gasteiger partial charge in [0.2, 0.25) is 0 Å². The van der Waals surface area contributed by atoms with Crippen molar-refractivity contribution in [3.05, 3.63) is 0 Å². The van der Waals surface area contributed by atoms with Gasteiger partial charge in [0.05, 0.1) is 31.5 Å². The Hall–Kier alpha value is -1.63. The van der Waals surface area contributed by atoms with Crippen molar-refractivity contribution in [2.45, 2.75) is 47.5 Å². The minimum Gasteiger partial charge on any atom is -0.466 e. The maximum atomic E-state index is 11.8. The summed E-state index contributed by atoms with van der Waals surface area (Å²) in [6, 6.07) is 0. The number of hydrogen-bond donors (Lipinski definition) is 0. The second-order valence-corrected chi connectivity index (χ2v) is 6.34. The van der Waals surface area contributed by atoms with Crippen LogP contribution < -0.4 is 0 Å². The van der Waals surface area contributed by atoms with Gasteiger partial charge in [-0.15, -0.1) is 0 Å². The van der Waals surface area contributed by atoms with E-state index in [9.17, 15) is 14.4 Å². The van der Waals surface area contributed by atoms with Crippen LogP contribution in [0.2, 0.25) is 0 Å². The van der Waals surface area contributed by atoms with Crippen molar-refractivity contribution in [2.75, 3.05) is 39.5 Å². The topological polar surface area (TPSA) is 82.1 Å². The maximum absolute atomic E-state index is 11.8. The highest BCUT2D eigenvalue weighted by atomic mass is 16.5. The molecule has 0 aromatic heterocycles. The molecule has 7 heteroatoms. The maximum Gasteiger partial charge on any atom is 0.311 e. The molecular weight excluding hydrogens is 314 g/mol. The molecule has 0 fully saturated rings. The van der Waals surface area contributed by atoms with Crippen molar-refractivity contribution in [1.29, 1.82) is 0 Å². The summed E-state index contributed by atoms with van der Waals surface area (Å²) in [5.41, 5.74) is -0.555. The standard InChI is InChI=1S/C17H31NO6/c1-6-22-14(19)8-10-18(11-9-15(20)23-7-2)12-13-24-16(21)17(3,4)5/h6-13H2,1-5H3. The molecule has 0 aliphatic rings. The SMILES string of the molecule is CCOC(=O)CCN(CCOC(=O)C(C)(C)C)CCC(=O)OCC. The van der Waals surface area contributed by atoms with E-state index in [0.29, 0.717) is 32.8 Å². The molecule has 0 unspecified atom stereocenters. The molecule has 24 heavy (non-hydrogen) atoms. The molecule has 0 heterocycles. The molecule has 0 aliphatic heterocycles.